The summed E-state index contributed by atoms with van der Waals surface area (Å²) in [4.78, 5) is 2.43. The van der Waals surface area contributed by atoms with E-state index in [-0.39, 0.29) is 0 Å². The van der Waals surface area contributed by atoms with Gasteiger partial charge in [-0.25, -0.2) is 4.68 Å². The van der Waals surface area contributed by atoms with Crippen molar-refractivity contribution in [3.05, 3.63) is 5.69 Å². The third-order valence-corrected chi connectivity index (χ3v) is 3.63. The Labute approximate surface area is 110 Å². The number of aryl methyl sites for hydroxylation is 2. The van der Waals surface area contributed by atoms with Crippen LogP contribution < -0.4 is 10.6 Å². The molecule has 1 heterocycles. The van der Waals surface area contributed by atoms with Crippen molar-refractivity contribution < 1.29 is 0 Å². The molecule has 2 rings (SSSR count). The van der Waals surface area contributed by atoms with Crippen LogP contribution in [-0.2, 0) is 6.54 Å². The molecule has 1 saturated carbocycles. The van der Waals surface area contributed by atoms with E-state index >= 15 is 0 Å². The summed E-state index contributed by atoms with van der Waals surface area (Å²) in [6, 6.07) is 0.472. The molecule has 1 aromatic rings. The maximum atomic E-state index is 6.24. The highest BCUT2D eigenvalue weighted by atomic mass is 15.4. The lowest BCUT2D eigenvalue weighted by Gasteiger charge is -2.30. The Bertz CT molecular complexity index is 404. The van der Waals surface area contributed by atoms with Gasteiger partial charge in [-0.1, -0.05) is 6.92 Å². The first-order chi connectivity index (χ1) is 8.54. The normalized spacial score (nSPS) is 15.4. The highest BCUT2D eigenvalue weighted by molar-refractivity contribution is 5.66. The first-order valence-corrected chi connectivity index (χ1v) is 7.14. The zero-order valence-corrected chi connectivity index (χ0v) is 12.1. The molecule has 0 spiro atoms. The second kappa shape index (κ2) is 5.21. The fraction of sp³-hybridized carbons (Fsp3) is 0.786. The molecule has 102 valence electrons. The maximum absolute atomic E-state index is 6.24. The fourth-order valence-corrected chi connectivity index (χ4v) is 2.37. The van der Waals surface area contributed by atoms with Crippen LogP contribution in [0.15, 0.2) is 0 Å². The van der Waals surface area contributed by atoms with Crippen LogP contribution in [0.5, 0.6) is 0 Å². The third-order valence-electron chi connectivity index (χ3n) is 3.63. The van der Waals surface area contributed by atoms with Crippen molar-refractivity contribution in [3.8, 4) is 0 Å². The summed E-state index contributed by atoms with van der Waals surface area (Å²) in [6.07, 6.45) is 3.82. The third kappa shape index (κ3) is 2.62. The van der Waals surface area contributed by atoms with Gasteiger partial charge in [0.1, 0.15) is 0 Å². The van der Waals surface area contributed by atoms with E-state index in [1.165, 1.54) is 12.8 Å². The van der Waals surface area contributed by atoms with Crippen molar-refractivity contribution in [2.75, 3.05) is 17.2 Å². The Kier molecular flexibility index (Phi) is 3.83. The number of hydrogen-bond acceptors (Lipinski definition) is 3. The number of aromatic nitrogens is 2. The van der Waals surface area contributed by atoms with Crippen molar-refractivity contribution in [2.24, 2.45) is 5.92 Å². The van der Waals surface area contributed by atoms with Gasteiger partial charge in [-0.3, -0.25) is 0 Å². The lowest BCUT2D eigenvalue weighted by Crippen LogP contribution is -2.35. The zero-order valence-electron chi connectivity index (χ0n) is 12.1. The fourth-order valence-electron chi connectivity index (χ4n) is 2.37. The lowest BCUT2D eigenvalue weighted by atomic mass is 10.2. The number of hydrogen-bond donors (Lipinski definition) is 1. The predicted molar refractivity (Wildman–Crippen MR) is 76.9 cm³/mol. The quantitative estimate of drug-likeness (QED) is 0.844. The van der Waals surface area contributed by atoms with E-state index in [0.717, 1.165) is 42.6 Å². The van der Waals surface area contributed by atoms with Crippen LogP contribution in [0.1, 0.15) is 45.7 Å². The van der Waals surface area contributed by atoms with E-state index in [1.54, 1.807) is 0 Å². The van der Waals surface area contributed by atoms with Gasteiger partial charge in [0.05, 0.1) is 11.4 Å². The molecule has 2 N–H and O–H groups in total. The summed E-state index contributed by atoms with van der Waals surface area (Å²) in [5.41, 5.74) is 8.06. The topological polar surface area (TPSA) is 47.1 Å². The standard InChI is InChI=1S/C14H26N4/c1-5-8-18-14(13(15)11(4)16-18)17(10(2)3)9-12-6-7-12/h10,12H,5-9,15H2,1-4H3. The number of nitrogens with zero attached hydrogens (tertiary/aromatic N) is 3. The van der Waals surface area contributed by atoms with Crippen molar-refractivity contribution in [2.45, 2.75) is 59.5 Å². The Balaban J connectivity index is 2.31. The summed E-state index contributed by atoms with van der Waals surface area (Å²) in [7, 11) is 0. The molecule has 1 aliphatic rings. The molecule has 1 aromatic heterocycles. The lowest BCUT2D eigenvalue weighted by molar-refractivity contribution is 0.558. The van der Waals surface area contributed by atoms with Gasteiger partial charge in [0.15, 0.2) is 5.82 Å². The first-order valence-electron chi connectivity index (χ1n) is 7.14. The molecule has 0 unspecified atom stereocenters. The van der Waals surface area contributed by atoms with E-state index in [4.69, 9.17) is 5.73 Å². The predicted octanol–water partition coefficient (Wildman–Crippen LogP) is 2.81. The van der Waals surface area contributed by atoms with Gasteiger partial charge < -0.3 is 10.6 Å². The molecule has 0 amide bonds. The first kappa shape index (κ1) is 13.2. The van der Waals surface area contributed by atoms with Gasteiger partial charge in [-0.05, 0) is 46.0 Å². The minimum atomic E-state index is 0.472. The number of anilines is 2. The Hall–Kier alpha value is -1.19. The minimum absolute atomic E-state index is 0.472. The highest BCUT2D eigenvalue weighted by Crippen LogP contribution is 2.35. The van der Waals surface area contributed by atoms with Gasteiger partial charge in [-0.15, -0.1) is 0 Å². The number of nitrogen functional groups attached to an aromatic ring is 1. The Morgan fingerprint density at radius 2 is 2.11 bits per heavy atom. The Morgan fingerprint density at radius 3 is 2.61 bits per heavy atom. The van der Waals surface area contributed by atoms with Crippen molar-refractivity contribution in [1.29, 1.82) is 0 Å². The van der Waals surface area contributed by atoms with Gasteiger partial charge in [0.2, 0.25) is 0 Å². The van der Waals surface area contributed by atoms with E-state index in [1.807, 2.05) is 6.92 Å². The van der Waals surface area contributed by atoms with Crippen molar-refractivity contribution in [3.63, 3.8) is 0 Å². The van der Waals surface area contributed by atoms with E-state index in [2.05, 4.69) is 35.5 Å². The van der Waals surface area contributed by atoms with E-state index in [9.17, 15) is 0 Å². The summed E-state index contributed by atoms with van der Waals surface area (Å²) in [5, 5.41) is 4.58. The Morgan fingerprint density at radius 1 is 1.44 bits per heavy atom. The van der Waals surface area contributed by atoms with Gasteiger partial charge >= 0.3 is 0 Å². The highest BCUT2D eigenvalue weighted by Gasteiger charge is 2.29. The van der Waals surface area contributed by atoms with Crippen molar-refractivity contribution >= 4 is 11.5 Å². The second-order valence-corrected chi connectivity index (χ2v) is 5.74. The van der Waals surface area contributed by atoms with Crippen LogP contribution in [0, 0.1) is 12.8 Å². The molecule has 0 saturated heterocycles. The molecule has 0 aliphatic heterocycles. The molecule has 0 radical (unpaired) electrons. The van der Waals surface area contributed by atoms with Crippen LogP contribution in [-0.4, -0.2) is 22.4 Å². The molecule has 4 nitrogen and oxygen atoms in total. The van der Waals surface area contributed by atoms with Crippen LogP contribution >= 0.6 is 0 Å². The maximum Gasteiger partial charge on any atom is 0.150 e. The smallest absolute Gasteiger partial charge is 0.150 e. The molecular weight excluding hydrogens is 224 g/mol. The molecule has 0 atom stereocenters. The summed E-state index contributed by atoms with van der Waals surface area (Å²) < 4.78 is 2.09. The molecule has 0 aromatic carbocycles. The molecule has 1 aliphatic carbocycles. The van der Waals surface area contributed by atoms with Gasteiger partial charge in [0.25, 0.3) is 0 Å². The second-order valence-electron chi connectivity index (χ2n) is 5.74. The molecule has 18 heavy (non-hydrogen) atoms. The van der Waals surface area contributed by atoms with Crippen LogP contribution in [0.25, 0.3) is 0 Å². The summed E-state index contributed by atoms with van der Waals surface area (Å²) in [5.74, 6) is 1.99. The van der Waals surface area contributed by atoms with E-state index in [0.29, 0.717) is 6.04 Å². The van der Waals surface area contributed by atoms with Gasteiger partial charge in [-0.2, -0.15) is 5.10 Å². The SMILES string of the molecule is CCCn1nc(C)c(N)c1N(CC1CC1)C(C)C. The number of rotatable bonds is 6. The molecule has 0 bridgehead atoms. The number of nitrogens with two attached hydrogens (primary N) is 1. The minimum Gasteiger partial charge on any atom is -0.394 e. The average molecular weight is 250 g/mol. The molecule has 1 fully saturated rings. The van der Waals surface area contributed by atoms with Gasteiger partial charge in [0, 0.05) is 19.1 Å². The summed E-state index contributed by atoms with van der Waals surface area (Å²) in [6.45, 7) is 10.7. The molecule has 4 heteroatoms. The molecular formula is C14H26N4. The largest absolute Gasteiger partial charge is 0.394 e. The van der Waals surface area contributed by atoms with Crippen LogP contribution in [0.3, 0.4) is 0 Å². The van der Waals surface area contributed by atoms with Crippen LogP contribution in [0.2, 0.25) is 0 Å². The summed E-state index contributed by atoms with van der Waals surface area (Å²) >= 11 is 0. The zero-order chi connectivity index (χ0) is 13.3. The van der Waals surface area contributed by atoms with Crippen LogP contribution in [0.4, 0.5) is 11.5 Å². The monoisotopic (exact) mass is 250 g/mol. The average Bonchev–Trinajstić information content (AvgIpc) is 3.07. The van der Waals surface area contributed by atoms with E-state index < -0.39 is 0 Å². The van der Waals surface area contributed by atoms with Crippen molar-refractivity contribution in [1.82, 2.24) is 9.78 Å².